The molecule has 0 bridgehead atoms. The molecule has 0 radical (unpaired) electrons. The minimum Gasteiger partial charge on any atom is -0.361 e. The van der Waals surface area contributed by atoms with Gasteiger partial charge in [0.15, 0.2) is 0 Å². The van der Waals surface area contributed by atoms with Gasteiger partial charge in [0.1, 0.15) is 0 Å². The molecule has 1 amide bonds. The number of hydrogen-bond acceptors (Lipinski definition) is 3. The van der Waals surface area contributed by atoms with E-state index in [4.69, 9.17) is 0 Å². The smallest absolute Gasteiger partial charge is 0.222 e. The number of fused-ring (bicyclic) bond motifs is 1. The number of benzene rings is 1. The van der Waals surface area contributed by atoms with E-state index < -0.39 is 0 Å². The van der Waals surface area contributed by atoms with Gasteiger partial charge in [-0.3, -0.25) is 14.4 Å². The highest BCUT2D eigenvalue weighted by atomic mass is 16.2. The maximum atomic E-state index is 12.5. The first-order valence-electron chi connectivity index (χ1n) is 9.72. The van der Waals surface area contributed by atoms with Crippen LogP contribution in [-0.2, 0) is 24.8 Å². The van der Waals surface area contributed by atoms with Gasteiger partial charge in [-0.05, 0) is 24.5 Å². The molecule has 27 heavy (non-hydrogen) atoms. The molecule has 0 saturated carbocycles. The maximum absolute atomic E-state index is 12.5. The van der Waals surface area contributed by atoms with E-state index in [1.54, 1.807) is 0 Å². The SMILES string of the molecule is Cn1cc(CN2CCN(C(=O)CCCc3c[nH]c4ccccc34)CC2)cn1. The highest BCUT2D eigenvalue weighted by Gasteiger charge is 2.21. The van der Waals surface area contributed by atoms with E-state index in [2.05, 4.69) is 45.6 Å². The zero-order valence-electron chi connectivity index (χ0n) is 15.9. The molecule has 0 spiro atoms. The number of nitrogens with one attached hydrogen (secondary N) is 1. The van der Waals surface area contributed by atoms with E-state index in [-0.39, 0.29) is 5.91 Å². The number of piperazine rings is 1. The van der Waals surface area contributed by atoms with Crippen molar-refractivity contribution in [2.75, 3.05) is 26.2 Å². The summed E-state index contributed by atoms with van der Waals surface area (Å²) in [4.78, 5) is 20.3. The van der Waals surface area contributed by atoms with Crippen LogP contribution in [0.2, 0.25) is 0 Å². The fraction of sp³-hybridized carbons (Fsp3) is 0.429. The van der Waals surface area contributed by atoms with Gasteiger partial charge >= 0.3 is 0 Å². The van der Waals surface area contributed by atoms with Crippen molar-refractivity contribution in [2.45, 2.75) is 25.8 Å². The molecule has 4 rings (SSSR count). The number of amides is 1. The third kappa shape index (κ3) is 4.22. The molecule has 1 aromatic carbocycles. The maximum Gasteiger partial charge on any atom is 0.222 e. The van der Waals surface area contributed by atoms with E-state index in [9.17, 15) is 4.79 Å². The van der Waals surface area contributed by atoms with Crippen molar-refractivity contribution in [1.29, 1.82) is 0 Å². The Kier molecular flexibility index (Phi) is 5.25. The van der Waals surface area contributed by atoms with Crippen LogP contribution in [0.15, 0.2) is 42.9 Å². The molecule has 1 saturated heterocycles. The Morgan fingerprint density at radius 1 is 1.19 bits per heavy atom. The quantitative estimate of drug-likeness (QED) is 0.730. The summed E-state index contributed by atoms with van der Waals surface area (Å²) in [6, 6.07) is 8.34. The number of H-pyrrole nitrogens is 1. The van der Waals surface area contributed by atoms with Gasteiger partial charge in [0.2, 0.25) is 5.91 Å². The van der Waals surface area contributed by atoms with Crippen molar-refractivity contribution in [1.82, 2.24) is 24.6 Å². The fourth-order valence-corrected chi connectivity index (χ4v) is 3.89. The van der Waals surface area contributed by atoms with Crippen molar-refractivity contribution in [3.63, 3.8) is 0 Å². The lowest BCUT2D eigenvalue weighted by Crippen LogP contribution is -2.48. The van der Waals surface area contributed by atoms with E-state index in [0.29, 0.717) is 6.42 Å². The summed E-state index contributed by atoms with van der Waals surface area (Å²) in [5, 5.41) is 5.49. The molecule has 0 aliphatic carbocycles. The predicted octanol–water partition coefficient (Wildman–Crippen LogP) is 2.57. The zero-order valence-corrected chi connectivity index (χ0v) is 15.9. The second-order valence-corrected chi connectivity index (χ2v) is 7.39. The van der Waals surface area contributed by atoms with Crippen molar-refractivity contribution in [3.05, 3.63) is 54.0 Å². The Morgan fingerprint density at radius 3 is 2.78 bits per heavy atom. The number of aryl methyl sites for hydroxylation is 2. The Hall–Kier alpha value is -2.60. The molecular weight excluding hydrogens is 338 g/mol. The Balaban J connectivity index is 1.21. The molecule has 3 heterocycles. The summed E-state index contributed by atoms with van der Waals surface area (Å²) in [6.45, 7) is 4.43. The fourth-order valence-electron chi connectivity index (χ4n) is 3.89. The predicted molar refractivity (Wildman–Crippen MR) is 106 cm³/mol. The molecule has 1 fully saturated rings. The standard InChI is InChI=1S/C21H27N5O/c1-24-15-17(13-23-24)16-25-9-11-26(12-10-25)21(27)8-4-5-18-14-22-20-7-3-2-6-19(18)20/h2-3,6-7,13-15,22H,4-5,8-12,16H2,1H3. The zero-order chi connectivity index (χ0) is 18.6. The minimum atomic E-state index is 0.288. The average Bonchev–Trinajstić information content (AvgIpc) is 3.28. The molecule has 6 heteroatoms. The number of para-hydroxylation sites is 1. The monoisotopic (exact) mass is 365 g/mol. The number of aromatic nitrogens is 3. The molecule has 6 nitrogen and oxygen atoms in total. The highest BCUT2D eigenvalue weighted by Crippen LogP contribution is 2.20. The van der Waals surface area contributed by atoms with Gasteiger partial charge in [0.05, 0.1) is 6.20 Å². The molecular formula is C21H27N5O. The summed E-state index contributed by atoms with van der Waals surface area (Å²) >= 11 is 0. The molecule has 0 unspecified atom stereocenters. The number of nitrogens with zero attached hydrogens (tertiary/aromatic N) is 4. The first-order valence-corrected chi connectivity index (χ1v) is 9.72. The van der Waals surface area contributed by atoms with Crippen LogP contribution in [0.1, 0.15) is 24.0 Å². The lowest BCUT2D eigenvalue weighted by Gasteiger charge is -2.34. The largest absolute Gasteiger partial charge is 0.361 e. The van der Waals surface area contributed by atoms with Crippen LogP contribution < -0.4 is 0 Å². The van der Waals surface area contributed by atoms with Gasteiger partial charge in [0, 0.05) is 75.1 Å². The van der Waals surface area contributed by atoms with Crippen LogP contribution in [0.4, 0.5) is 0 Å². The molecule has 3 aromatic rings. The first kappa shape index (κ1) is 17.8. The second-order valence-electron chi connectivity index (χ2n) is 7.39. The van der Waals surface area contributed by atoms with E-state index in [0.717, 1.165) is 45.6 Å². The van der Waals surface area contributed by atoms with Crippen molar-refractivity contribution < 1.29 is 4.79 Å². The number of aromatic amines is 1. The molecule has 0 atom stereocenters. The molecule has 2 aromatic heterocycles. The van der Waals surface area contributed by atoms with E-state index in [1.807, 2.05) is 28.9 Å². The number of rotatable bonds is 6. The molecule has 1 aliphatic heterocycles. The summed E-state index contributed by atoms with van der Waals surface area (Å²) in [5.41, 5.74) is 3.71. The van der Waals surface area contributed by atoms with Crippen molar-refractivity contribution >= 4 is 16.8 Å². The van der Waals surface area contributed by atoms with Crippen LogP contribution >= 0.6 is 0 Å². The van der Waals surface area contributed by atoms with Crippen LogP contribution in [0.25, 0.3) is 10.9 Å². The normalized spacial score (nSPS) is 15.5. The van der Waals surface area contributed by atoms with E-state index in [1.165, 1.54) is 22.0 Å². The average molecular weight is 365 g/mol. The van der Waals surface area contributed by atoms with E-state index >= 15 is 0 Å². The Labute approximate surface area is 159 Å². The van der Waals surface area contributed by atoms with Gasteiger partial charge < -0.3 is 9.88 Å². The molecule has 142 valence electrons. The highest BCUT2D eigenvalue weighted by molar-refractivity contribution is 5.83. The van der Waals surface area contributed by atoms with Crippen LogP contribution in [0.5, 0.6) is 0 Å². The van der Waals surface area contributed by atoms with Crippen LogP contribution in [-0.4, -0.2) is 56.7 Å². The van der Waals surface area contributed by atoms with Gasteiger partial charge in [-0.15, -0.1) is 0 Å². The lowest BCUT2D eigenvalue weighted by molar-refractivity contribution is -0.133. The van der Waals surface area contributed by atoms with Gasteiger partial charge in [-0.25, -0.2) is 0 Å². The summed E-state index contributed by atoms with van der Waals surface area (Å²) in [6.07, 6.45) is 8.52. The third-order valence-electron chi connectivity index (χ3n) is 5.40. The summed E-state index contributed by atoms with van der Waals surface area (Å²) in [7, 11) is 1.94. The topological polar surface area (TPSA) is 57.2 Å². The van der Waals surface area contributed by atoms with Gasteiger partial charge in [-0.2, -0.15) is 5.10 Å². The summed E-state index contributed by atoms with van der Waals surface area (Å²) < 4.78 is 1.84. The number of carbonyl (C=O) groups is 1. The Bertz CT molecular complexity index is 904. The number of hydrogen-bond donors (Lipinski definition) is 1. The first-order chi connectivity index (χ1) is 13.2. The van der Waals surface area contributed by atoms with Gasteiger partial charge in [-0.1, -0.05) is 18.2 Å². The van der Waals surface area contributed by atoms with Gasteiger partial charge in [0.25, 0.3) is 0 Å². The molecule has 1 N–H and O–H groups in total. The lowest BCUT2D eigenvalue weighted by atomic mass is 10.1. The Morgan fingerprint density at radius 2 is 2.00 bits per heavy atom. The summed E-state index contributed by atoms with van der Waals surface area (Å²) in [5.74, 6) is 0.288. The third-order valence-corrected chi connectivity index (χ3v) is 5.40. The molecule has 1 aliphatic rings. The second kappa shape index (κ2) is 7.96. The van der Waals surface area contributed by atoms with Crippen molar-refractivity contribution in [2.24, 2.45) is 7.05 Å². The van der Waals surface area contributed by atoms with Crippen molar-refractivity contribution in [3.8, 4) is 0 Å². The van der Waals surface area contributed by atoms with Crippen LogP contribution in [0.3, 0.4) is 0 Å². The number of carbonyl (C=O) groups excluding carboxylic acids is 1. The minimum absolute atomic E-state index is 0.288. The van der Waals surface area contributed by atoms with Crippen LogP contribution in [0, 0.1) is 0 Å².